The zero-order chi connectivity index (χ0) is 25.3. The molecule has 184 valence electrons. The van der Waals surface area contributed by atoms with E-state index in [1.165, 1.54) is 6.20 Å². The van der Waals surface area contributed by atoms with E-state index in [0.717, 1.165) is 18.2 Å². The number of hydrogen-bond donors (Lipinski definition) is 2. The van der Waals surface area contributed by atoms with Gasteiger partial charge in [-0.1, -0.05) is 32.0 Å². The van der Waals surface area contributed by atoms with Crippen LogP contribution in [-0.4, -0.2) is 39.8 Å². The second-order valence-electron chi connectivity index (χ2n) is 8.58. The first-order valence-corrected chi connectivity index (χ1v) is 10.8. The van der Waals surface area contributed by atoms with Crippen LogP contribution < -0.4 is 10.1 Å². The SMILES string of the molecule is CC(C)CN1C(=O)c2ccccc2[C@@H](C(=O)Nc2ccc(F)c(OC(F)(F)F)c2)[C@@H]1c1cn[nH]c1. The van der Waals surface area contributed by atoms with Gasteiger partial charge in [0.05, 0.1) is 18.2 Å². The van der Waals surface area contributed by atoms with Gasteiger partial charge in [-0.25, -0.2) is 4.39 Å². The first kappa shape index (κ1) is 24.2. The van der Waals surface area contributed by atoms with Gasteiger partial charge in [-0.05, 0) is 29.7 Å². The number of hydrogen-bond acceptors (Lipinski definition) is 4. The van der Waals surface area contributed by atoms with Gasteiger partial charge >= 0.3 is 6.36 Å². The summed E-state index contributed by atoms with van der Waals surface area (Å²) >= 11 is 0. The Morgan fingerprint density at radius 1 is 1.23 bits per heavy atom. The van der Waals surface area contributed by atoms with Crippen molar-refractivity contribution in [1.29, 1.82) is 0 Å². The van der Waals surface area contributed by atoms with Gasteiger partial charge in [0.1, 0.15) is 0 Å². The fourth-order valence-electron chi connectivity index (χ4n) is 4.27. The van der Waals surface area contributed by atoms with Gasteiger partial charge in [-0.15, -0.1) is 13.2 Å². The topological polar surface area (TPSA) is 87.3 Å². The summed E-state index contributed by atoms with van der Waals surface area (Å²) in [6.45, 7) is 4.24. The van der Waals surface area contributed by atoms with E-state index in [1.54, 1.807) is 35.4 Å². The third-order valence-corrected chi connectivity index (χ3v) is 5.57. The minimum Gasteiger partial charge on any atom is -0.403 e. The first-order valence-electron chi connectivity index (χ1n) is 10.8. The number of aromatic amines is 1. The Hall–Kier alpha value is -3.89. The van der Waals surface area contributed by atoms with Gasteiger partial charge in [0, 0.05) is 35.6 Å². The molecule has 0 unspecified atom stereocenters. The van der Waals surface area contributed by atoms with Gasteiger partial charge in [-0.3, -0.25) is 14.7 Å². The Morgan fingerprint density at radius 2 is 1.97 bits per heavy atom. The monoisotopic (exact) mass is 490 g/mol. The van der Waals surface area contributed by atoms with E-state index in [2.05, 4.69) is 20.3 Å². The molecule has 2 heterocycles. The summed E-state index contributed by atoms with van der Waals surface area (Å²) < 4.78 is 55.5. The summed E-state index contributed by atoms with van der Waals surface area (Å²) in [5.74, 6) is -3.96. The number of carbonyl (C=O) groups is 2. The number of amides is 2. The van der Waals surface area contributed by atoms with Gasteiger partial charge in [0.15, 0.2) is 11.6 Å². The van der Waals surface area contributed by atoms with Crippen LogP contribution in [-0.2, 0) is 4.79 Å². The van der Waals surface area contributed by atoms with E-state index in [4.69, 9.17) is 0 Å². The summed E-state index contributed by atoms with van der Waals surface area (Å²) in [5.41, 5.74) is 1.32. The van der Waals surface area contributed by atoms with Crippen molar-refractivity contribution in [3.8, 4) is 5.75 Å². The smallest absolute Gasteiger partial charge is 0.403 e. The van der Waals surface area contributed by atoms with Crippen LogP contribution in [0.4, 0.5) is 23.2 Å². The summed E-state index contributed by atoms with van der Waals surface area (Å²) in [4.78, 5) is 28.6. The first-order chi connectivity index (χ1) is 16.5. The number of nitrogens with zero attached hydrogens (tertiary/aromatic N) is 2. The van der Waals surface area contributed by atoms with Crippen LogP contribution in [0.2, 0.25) is 0 Å². The molecule has 2 atom stereocenters. The molecule has 1 aromatic heterocycles. The van der Waals surface area contributed by atoms with Crippen molar-refractivity contribution in [2.45, 2.75) is 32.2 Å². The average molecular weight is 490 g/mol. The van der Waals surface area contributed by atoms with Crippen LogP contribution in [0.5, 0.6) is 5.75 Å². The number of nitrogens with one attached hydrogen (secondary N) is 2. The van der Waals surface area contributed by atoms with E-state index >= 15 is 0 Å². The Morgan fingerprint density at radius 3 is 2.63 bits per heavy atom. The number of rotatable bonds is 6. The van der Waals surface area contributed by atoms with Gasteiger partial charge < -0.3 is 15.0 Å². The molecular weight excluding hydrogens is 468 g/mol. The van der Waals surface area contributed by atoms with E-state index in [9.17, 15) is 27.2 Å². The second kappa shape index (κ2) is 9.40. The Labute approximate surface area is 198 Å². The molecule has 0 fully saturated rings. The fourth-order valence-corrected chi connectivity index (χ4v) is 4.27. The van der Waals surface area contributed by atoms with Crippen molar-refractivity contribution in [1.82, 2.24) is 15.1 Å². The lowest BCUT2D eigenvalue weighted by molar-refractivity contribution is -0.275. The highest BCUT2D eigenvalue weighted by Gasteiger charge is 2.44. The van der Waals surface area contributed by atoms with Crippen LogP contribution in [0.25, 0.3) is 0 Å². The molecule has 2 amide bonds. The summed E-state index contributed by atoms with van der Waals surface area (Å²) in [6.07, 6.45) is -1.99. The molecule has 11 heteroatoms. The van der Waals surface area contributed by atoms with E-state index in [-0.39, 0.29) is 17.5 Å². The number of alkyl halides is 3. The van der Waals surface area contributed by atoms with Crippen molar-refractivity contribution in [3.63, 3.8) is 0 Å². The third-order valence-electron chi connectivity index (χ3n) is 5.57. The third kappa shape index (κ3) is 5.13. The van der Waals surface area contributed by atoms with Crippen LogP contribution in [0.3, 0.4) is 0 Å². The number of ether oxygens (including phenoxy) is 1. The Bertz CT molecular complexity index is 1230. The lowest BCUT2D eigenvalue weighted by Gasteiger charge is -2.42. The number of carbonyl (C=O) groups excluding carboxylic acids is 2. The Kier molecular flexibility index (Phi) is 6.51. The molecule has 2 aromatic carbocycles. The maximum Gasteiger partial charge on any atom is 0.573 e. The minimum absolute atomic E-state index is 0.0847. The van der Waals surface area contributed by atoms with E-state index in [0.29, 0.717) is 23.2 Å². The largest absolute Gasteiger partial charge is 0.573 e. The molecule has 35 heavy (non-hydrogen) atoms. The van der Waals surface area contributed by atoms with Gasteiger partial charge in [0.2, 0.25) is 5.91 Å². The summed E-state index contributed by atoms with van der Waals surface area (Å²) in [7, 11) is 0. The highest BCUT2D eigenvalue weighted by Crippen LogP contribution is 2.43. The maximum atomic E-state index is 13.9. The molecule has 3 aromatic rings. The molecule has 0 aliphatic carbocycles. The van der Waals surface area contributed by atoms with Crippen LogP contribution in [0.15, 0.2) is 54.9 Å². The molecule has 4 rings (SSSR count). The predicted octanol–water partition coefficient (Wildman–Crippen LogP) is 5.02. The minimum atomic E-state index is -5.10. The normalized spacial score (nSPS) is 17.9. The number of H-pyrrole nitrogens is 1. The quantitative estimate of drug-likeness (QED) is 0.475. The highest BCUT2D eigenvalue weighted by atomic mass is 19.4. The Balaban J connectivity index is 1.76. The van der Waals surface area contributed by atoms with Gasteiger partial charge in [-0.2, -0.15) is 5.10 Å². The van der Waals surface area contributed by atoms with Crippen molar-refractivity contribution in [2.75, 3.05) is 11.9 Å². The lowest BCUT2D eigenvalue weighted by Crippen LogP contribution is -2.47. The summed E-state index contributed by atoms with van der Waals surface area (Å²) in [6, 6.07) is 8.62. The highest BCUT2D eigenvalue weighted by molar-refractivity contribution is 6.04. The predicted molar refractivity (Wildman–Crippen MR) is 118 cm³/mol. The van der Waals surface area contributed by atoms with Crippen molar-refractivity contribution < 1.29 is 31.9 Å². The fraction of sp³-hybridized carbons (Fsp3) is 0.292. The maximum absolute atomic E-state index is 13.9. The van der Waals surface area contributed by atoms with Crippen LogP contribution in [0.1, 0.15) is 47.3 Å². The number of aromatic nitrogens is 2. The number of fused-ring (bicyclic) bond motifs is 1. The van der Waals surface area contributed by atoms with Crippen molar-refractivity contribution in [2.24, 2.45) is 5.92 Å². The van der Waals surface area contributed by atoms with Crippen molar-refractivity contribution >= 4 is 17.5 Å². The van der Waals surface area contributed by atoms with E-state index in [1.807, 2.05) is 13.8 Å². The van der Waals surface area contributed by atoms with Crippen LogP contribution in [0, 0.1) is 11.7 Å². The zero-order valence-electron chi connectivity index (χ0n) is 18.8. The average Bonchev–Trinajstić information content (AvgIpc) is 3.31. The lowest BCUT2D eigenvalue weighted by atomic mass is 9.79. The summed E-state index contributed by atoms with van der Waals surface area (Å²) in [5, 5.41) is 9.23. The molecule has 7 nitrogen and oxygen atoms in total. The molecule has 2 N–H and O–H groups in total. The zero-order valence-corrected chi connectivity index (χ0v) is 18.8. The molecule has 0 radical (unpaired) electrons. The molecule has 0 spiro atoms. The molecule has 0 saturated heterocycles. The van der Waals surface area contributed by atoms with Crippen molar-refractivity contribution in [3.05, 3.63) is 77.4 Å². The van der Waals surface area contributed by atoms with E-state index < -0.39 is 35.8 Å². The molecule has 1 aliphatic rings. The number of anilines is 1. The number of benzene rings is 2. The molecule has 0 saturated carbocycles. The van der Waals surface area contributed by atoms with Crippen LogP contribution >= 0.6 is 0 Å². The van der Waals surface area contributed by atoms with Gasteiger partial charge in [0.25, 0.3) is 5.91 Å². The molecular formula is C24H22F4N4O3. The standard InChI is InChI=1S/C24H22F4N4O3/c1-13(2)12-32-21(14-10-29-30-11-14)20(16-5-3-4-6-17(16)23(32)34)22(33)31-15-7-8-18(25)19(9-15)35-24(26,27)28/h3-11,13,20-21H,12H2,1-2H3,(H,29,30)(H,31,33)/t20-,21+/m1/s1. The molecule has 1 aliphatic heterocycles. The number of halogens is 4. The second-order valence-corrected chi connectivity index (χ2v) is 8.58. The molecule has 0 bridgehead atoms.